The number of nitrogens with two attached hydrogens (primary N) is 1. The first-order valence-corrected chi connectivity index (χ1v) is 8.69. The van der Waals surface area contributed by atoms with E-state index >= 15 is 0 Å². The van der Waals surface area contributed by atoms with Crippen molar-refractivity contribution in [2.45, 2.75) is 32.7 Å². The van der Waals surface area contributed by atoms with E-state index in [9.17, 15) is 9.59 Å². The van der Waals surface area contributed by atoms with E-state index in [-0.39, 0.29) is 24.3 Å². The molecule has 0 bridgehead atoms. The van der Waals surface area contributed by atoms with Gasteiger partial charge in [0.15, 0.2) is 5.96 Å². The van der Waals surface area contributed by atoms with Crippen LogP contribution in [0.15, 0.2) is 48.5 Å². The third kappa shape index (κ3) is 6.47. The predicted octanol–water partition coefficient (Wildman–Crippen LogP) is 2.67. The summed E-state index contributed by atoms with van der Waals surface area (Å²) in [4.78, 5) is 24.1. The Bertz CT molecular complexity index is 801. The molecule has 0 fully saturated rings. The minimum absolute atomic E-state index is 0.0339. The number of amides is 1. The first-order chi connectivity index (χ1) is 12.9. The van der Waals surface area contributed by atoms with E-state index in [1.165, 1.54) is 0 Å². The van der Waals surface area contributed by atoms with Gasteiger partial charge in [0.25, 0.3) is 0 Å². The topological polar surface area (TPSA) is 117 Å². The summed E-state index contributed by atoms with van der Waals surface area (Å²) in [5, 5.41) is 12.7. The lowest BCUT2D eigenvalue weighted by atomic mass is 10.1. The van der Waals surface area contributed by atoms with Crippen LogP contribution in [-0.2, 0) is 11.2 Å². The van der Waals surface area contributed by atoms with Gasteiger partial charge in [-0.25, -0.2) is 4.79 Å². The van der Waals surface area contributed by atoms with Crippen molar-refractivity contribution in [1.29, 1.82) is 5.41 Å². The third-order valence-electron chi connectivity index (χ3n) is 3.92. The van der Waals surface area contributed by atoms with Crippen molar-refractivity contribution < 1.29 is 14.3 Å². The molecule has 1 amide bonds. The van der Waals surface area contributed by atoms with Crippen molar-refractivity contribution in [3.05, 3.63) is 59.7 Å². The standard InChI is InChI=1S/C20H24N4O3/c1-3-13(2)23-18(25)12-14-4-10-17(11-5-14)27-19(26)15-6-8-16(9-7-15)24-20(21)22/h4-11,13H,3,12H2,1-2H3,(H,23,25)(H4,21,22,24). The first kappa shape index (κ1) is 20.0. The summed E-state index contributed by atoms with van der Waals surface area (Å²) in [5.74, 6) is -0.305. The smallest absolute Gasteiger partial charge is 0.343 e. The number of carbonyl (C=O) groups is 2. The van der Waals surface area contributed by atoms with Crippen molar-refractivity contribution in [3.63, 3.8) is 0 Å². The van der Waals surface area contributed by atoms with Crippen LogP contribution in [0.2, 0.25) is 0 Å². The number of hydrogen-bond donors (Lipinski definition) is 4. The highest BCUT2D eigenvalue weighted by Crippen LogP contribution is 2.16. The fourth-order valence-corrected chi connectivity index (χ4v) is 2.30. The summed E-state index contributed by atoms with van der Waals surface area (Å²) in [6.07, 6.45) is 1.16. The van der Waals surface area contributed by atoms with Crippen molar-refractivity contribution in [3.8, 4) is 5.75 Å². The van der Waals surface area contributed by atoms with Gasteiger partial charge < -0.3 is 21.1 Å². The molecular weight excluding hydrogens is 344 g/mol. The van der Waals surface area contributed by atoms with Gasteiger partial charge in [0.2, 0.25) is 5.91 Å². The lowest BCUT2D eigenvalue weighted by Crippen LogP contribution is -2.33. The Morgan fingerprint density at radius 3 is 2.30 bits per heavy atom. The third-order valence-corrected chi connectivity index (χ3v) is 3.92. The fourth-order valence-electron chi connectivity index (χ4n) is 2.30. The minimum Gasteiger partial charge on any atom is -0.423 e. The van der Waals surface area contributed by atoms with Crippen LogP contribution in [0.1, 0.15) is 36.2 Å². The molecule has 0 radical (unpaired) electrons. The van der Waals surface area contributed by atoms with E-state index in [1.54, 1.807) is 48.5 Å². The molecule has 1 unspecified atom stereocenters. The van der Waals surface area contributed by atoms with Crippen LogP contribution in [0.25, 0.3) is 0 Å². The lowest BCUT2D eigenvalue weighted by molar-refractivity contribution is -0.121. The zero-order valence-electron chi connectivity index (χ0n) is 15.4. The molecule has 1 atom stereocenters. The predicted molar refractivity (Wildman–Crippen MR) is 105 cm³/mol. The second kappa shape index (κ2) is 9.38. The summed E-state index contributed by atoms with van der Waals surface area (Å²) in [7, 11) is 0. The van der Waals surface area contributed by atoms with Crippen LogP contribution in [0.5, 0.6) is 5.75 Å². The highest BCUT2D eigenvalue weighted by molar-refractivity contribution is 5.93. The van der Waals surface area contributed by atoms with E-state index < -0.39 is 5.97 Å². The molecule has 2 rings (SSSR count). The maximum atomic E-state index is 12.2. The van der Waals surface area contributed by atoms with Gasteiger partial charge in [-0.3, -0.25) is 10.2 Å². The number of nitrogens with one attached hydrogen (secondary N) is 3. The fraction of sp³-hybridized carbons (Fsp3) is 0.250. The van der Waals surface area contributed by atoms with E-state index in [0.717, 1.165) is 12.0 Å². The van der Waals surface area contributed by atoms with Crippen LogP contribution in [0.3, 0.4) is 0 Å². The molecular formula is C20H24N4O3. The van der Waals surface area contributed by atoms with Crippen LogP contribution >= 0.6 is 0 Å². The Labute approximate surface area is 158 Å². The largest absolute Gasteiger partial charge is 0.423 e. The van der Waals surface area contributed by atoms with Crippen LogP contribution in [-0.4, -0.2) is 23.9 Å². The Kier molecular flexibility index (Phi) is 6.93. The average molecular weight is 368 g/mol. The Morgan fingerprint density at radius 2 is 1.74 bits per heavy atom. The number of esters is 1. The van der Waals surface area contributed by atoms with E-state index in [2.05, 4.69) is 10.6 Å². The van der Waals surface area contributed by atoms with Crippen molar-refractivity contribution in [1.82, 2.24) is 5.32 Å². The molecule has 5 N–H and O–H groups in total. The molecule has 7 nitrogen and oxygen atoms in total. The molecule has 0 aliphatic heterocycles. The van der Waals surface area contributed by atoms with E-state index in [0.29, 0.717) is 17.0 Å². The zero-order chi connectivity index (χ0) is 19.8. The Balaban J connectivity index is 1.92. The highest BCUT2D eigenvalue weighted by atomic mass is 16.5. The monoisotopic (exact) mass is 368 g/mol. The summed E-state index contributed by atoms with van der Waals surface area (Å²) < 4.78 is 5.34. The molecule has 0 saturated heterocycles. The van der Waals surface area contributed by atoms with Crippen molar-refractivity contribution in [2.75, 3.05) is 5.32 Å². The molecule has 2 aromatic carbocycles. The highest BCUT2D eigenvalue weighted by Gasteiger charge is 2.10. The summed E-state index contributed by atoms with van der Waals surface area (Å²) in [5.41, 5.74) is 7.08. The summed E-state index contributed by atoms with van der Waals surface area (Å²) in [6, 6.07) is 13.4. The maximum absolute atomic E-state index is 12.2. The number of anilines is 1. The van der Waals surface area contributed by atoms with Gasteiger partial charge >= 0.3 is 5.97 Å². The van der Waals surface area contributed by atoms with Gasteiger partial charge in [0, 0.05) is 11.7 Å². The van der Waals surface area contributed by atoms with Crippen molar-refractivity contribution in [2.24, 2.45) is 5.73 Å². The van der Waals surface area contributed by atoms with Gasteiger partial charge in [-0.15, -0.1) is 0 Å². The Hall–Kier alpha value is -3.35. The molecule has 0 heterocycles. The molecule has 0 aliphatic rings. The molecule has 2 aromatic rings. The minimum atomic E-state index is -0.494. The summed E-state index contributed by atoms with van der Waals surface area (Å²) in [6.45, 7) is 3.98. The molecule has 142 valence electrons. The van der Waals surface area contributed by atoms with Gasteiger partial charge in [0.1, 0.15) is 5.75 Å². The molecule has 0 spiro atoms. The zero-order valence-corrected chi connectivity index (χ0v) is 15.4. The SMILES string of the molecule is CCC(C)NC(=O)Cc1ccc(OC(=O)c2ccc(NC(=N)N)cc2)cc1. The van der Waals surface area contributed by atoms with Gasteiger partial charge in [0.05, 0.1) is 12.0 Å². The van der Waals surface area contributed by atoms with Crippen LogP contribution in [0, 0.1) is 5.41 Å². The lowest BCUT2D eigenvalue weighted by Gasteiger charge is -2.11. The number of benzene rings is 2. The quantitative estimate of drug-likeness (QED) is 0.259. The van der Waals surface area contributed by atoms with Gasteiger partial charge in [-0.1, -0.05) is 19.1 Å². The average Bonchev–Trinajstić information content (AvgIpc) is 2.63. The molecule has 7 heteroatoms. The second-order valence-electron chi connectivity index (χ2n) is 6.20. The maximum Gasteiger partial charge on any atom is 0.343 e. The number of carbonyl (C=O) groups excluding carboxylic acids is 2. The molecule has 0 aliphatic carbocycles. The summed E-state index contributed by atoms with van der Waals surface area (Å²) >= 11 is 0. The van der Waals surface area contributed by atoms with Crippen molar-refractivity contribution >= 4 is 23.5 Å². The molecule has 0 aromatic heterocycles. The number of ether oxygens (including phenoxy) is 1. The second-order valence-corrected chi connectivity index (χ2v) is 6.20. The van der Waals surface area contributed by atoms with E-state index in [1.807, 2.05) is 13.8 Å². The number of hydrogen-bond acceptors (Lipinski definition) is 4. The van der Waals surface area contributed by atoms with E-state index in [4.69, 9.17) is 15.9 Å². The van der Waals surface area contributed by atoms with Gasteiger partial charge in [-0.2, -0.15) is 0 Å². The van der Waals surface area contributed by atoms with Crippen LogP contribution < -0.4 is 21.1 Å². The Morgan fingerprint density at radius 1 is 1.11 bits per heavy atom. The van der Waals surface area contributed by atoms with Gasteiger partial charge in [-0.05, 0) is 55.3 Å². The van der Waals surface area contributed by atoms with Crippen LogP contribution in [0.4, 0.5) is 5.69 Å². The molecule has 27 heavy (non-hydrogen) atoms. The number of rotatable bonds is 7. The number of guanidine groups is 1. The first-order valence-electron chi connectivity index (χ1n) is 8.69. The molecule has 0 saturated carbocycles. The normalized spacial score (nSPS) is 11.3.